The van der Waals surface area contributed by atoms with Crippen molar-refractivity contribution in [2.45, 2.75) is 6.04 Å². The molecule has 0 spiro atoms. The number of rotatable bonds is 2. The van der Waals surface area contributed by atoms with Crippen LogP contribution in [0.5, 0.6) is 5.75 Å². The predicted molar refractivity (Wildman–Crippen MR) is 95.7 cm³/mol. The van der Waals surface area contributed by atoms with Gasteiger partial charge in [-0.3, -0.25) is 14.5 Å². The molecule has 0 aliphatic carbocycles. The maximum Gasteiger partial charge on any atom is 0.260 e. The molecule has 136 valence electrons. The lowest BCUT2D eigenvalue weighted by atomic mass is 9.88. The van der Waals surface area contributed by atoms with Crippen molar-refractivity contribution < 1.29 is 19.1 Å². The molecule has 0 unspecified atom stereocenters. The first-order valence-corrected chi connectivity index (χ1v) is 9.21. The van der Waals surface area contributed by atoms with Gasteiger partial charge in [-0.05, 0) is 16.8 Å². The molecule has 2 aromatic carbocycles. The number of amides is 1. The lowest BCUT2D eigenvalue weighted by Crippen LogP contribution is -2.45. The summed E-state index contributed by atoms with van der Waals surface area (Å²) in [5, 5.41) is 3.89. The minimum Gasteiger partial charge on any atom is -0.493 e. The Labute approximate surface area is 152 Å². The van der Waals surface area contributed by atoms with Gasteiger partial charge in [0.15, 0.2) is 0 Å². The van der Waals surface area contributed by atoms with Gasteiger partial charge in [-0.1, -0.05) is 30.3 Å². The van der Waals surface area contributed by atoms with E-state index in [4.69, 9.17) is 14.3 Å². The summed E-state index contributed by atoms with van der Waals surface area (Å²) in [5.41, 5.74) is 1.08. The fourth-order valence-corrected chi connectivity index (χ4v) is 4.18. The van der Waals surface area contributed by atoms with E-state index in [1.165, 1.54) is 0 Å². The predicted octanol–water partition coefficient (Wildman–Crippen LogP) is 2.00. The molecule has 0 N–H and O–H groups in total. The zero-order valence-corrected chi connectivity index (χ0v) is 14.6. The molecule has 3 heterocycles. The third-order valence-electron chi connectivity index (χ3n) is 5.51. The van der Waals surface area contributed by atoms with Gasteiger partial charge >= 0.3 is 0 Å². The van der Waals surface area contributed by atoms with E-state index in [2.05, 4.69) is 23.1 Å². The summed E-state index contributed by atoms with van der Waals surface area (Å²) < 4.78 is 11.4. The Balaban J connectivity index is 1.48. The first kappa shape index (κ1) is 16.1. The van der Waals surface area contributed by atoms with Crippen molar-refractivity contribution in [3.8, 4) is 5.75 Å². The summed E-state index contributed by atoms with van der Waals surface area (Å²) in [6.07, 6.45) is 0. The Morgan fingerprint density at radius 3 is 2.81 bits per heavy atom. The number of carbonyl (C=O) groups is 1. The van der Waals surface area contributed by atoms with Crippen LogP contribution in [0.2, 0.25) is 0 Å². The molecule has 5 rings (SSSR count). The van der Waals surface area contributed by atoms with E-state index in [1.807, 2.05) is 18.2 Å². The van der Waals surface area contributed by atoms with E-state index in [0.717, 1.165) is 35.2 Å². The van der Waals surface area contributed by atoms with E-state index in [9.17, 15) is 4.79 Å². The molecule has 0 aromatic heterocycles. The van der Waals surface area contributed by atoms with Crippen LogP contribution in [0.25, 0.3) is 10.8 Å². The van der Waals surface area contributed by atoms with Crippen LogP contribution in [0.15, 0.2) is 36.4 Å². The van der Waals surface area contributed by atoms with Crippen LogP contribution in [0.3, 0.4) is 0 Å². The molecule has 26 heavy (non-hydrogen) atoms. The topological polar surface area (TPSA) is 51.2 Å². The number of morpholine rings is 1. The van der Waals surface area contributed by atoms with Crippen LogP contribution in [0.1, 0.15) is 11.6 Å². The highest BCUT2D eigenvalue weighted by Crippen LogP contribution is 2.46. The summed E-state index contributed by atoms with van der Waals surface area (Å²) in [5.74, 6) is 1.04. The summed E-state index contributed by atoms with van der Waals surface area (Å²) in [6.45, 7) is 4.41. The van der Waals surface area contributed by atoms with Crippen molar-refractivity contribution in [1.29, 1.82) is 0 Å². The minimum absolute atomic E-state index is 0.0141. The molecular formula is C20H22N2O4. The van der Waals surface area contributed by atoms with E-state index in [0.29, 0.717) is 33.0 Å². The van der Waals surface area contributed by atoms with E-state index < -0.39 is 0 Å². The number of hydrogen-bond donors (Lipinski definition) is 0. The summed E-state index contributed by atoms with van der Waals surface area (Å²) in [4.78, 5) is 21.0. The smallest absolute Gasteiger partial charge is 0.260 e. The minimum atomic E-state index is -0.0848. The zero-order valence-electron chi connectivity index (χ0n) is 14.6. The fourth-order valence-electron chi connectivity index (χ4n) is 4.18. The summed E-state index contributed by atoms with van der Waals surface area (Å²) in [6, 6.07) is 12.3. The molecule has 1 amide bonds. The standard InChI is InChI=1S/C20H22N2O4/c23-18(11-21-7-9-24-10-8-21)22-20-15(13-26-22)12-25-17-6-5-14-3-1-2-4-16(14)19(17)20/h1-6,15,20H,7-13H2/t15-,20+/m1/s1. The summed E-state index contributed by atoms with van der Waals surface area (Å²) >= 11 is 0. The lowest BCUT2D eigenvalue weighted by Gasteiger charge is -2.34. The van der Waals surface area contributed by atoms with Crippen molar-refractivity contribution in [3.63, 3.8) is 0 Å². The highest BCUT2D eigenvalue weighted by Gasteiger charge is 2.45. The Hall–Kier alpha value is -2.15. The lowest BCUT2D eigenvalue weighted by molar-refractivity contribution is -0.179. The quantitative estimate of drug-likeness (QED) is 0.826. The van der Waals surface area contributed by atoms with Crippen LogP contribution in [0.4, 0.5) is 0 Å². The Bertz CT molecular complexity index is 834. The Morgan fingerprint density at radius 2 is 1.92 bits per heavy atom. The van der Waals surface area contributed by atoms with Crippen molar-refractivity contribution in [1.82, 2.24) is 9.96 Å². The maximum atomic E-state index is 13.0. The molecule has 0 saturated carbocycles. The molecule has 3 aliphatic rings. The van der Waals surface area contributed by atoms with Gasteiger partial charge in [-0.25, -0.2) is 5.06 Å². The van der Waals surface area contributed by atoms with Gasteiger partial charge in [0.2, 0.25) is 0 Å². The first-order valence-electron chi connectivity index (χ1n) is 9.21. The number of ether oxygens (including phenoxy) is 2. The Morgan fingerprint density at radius 1 is 1.08 bits per heavy atom. The normalized spacial score (nSPS) is 25.6. The van der Waals surface area contributed by atoms with Gasteiger partial charge in [0.25, 0.3) is 5.91 Å². The molecule has 6 heteroatoms. The second-order valence-electron chi connectivity index (χ2n) is 7.12. The van der Waals surface area contributed by atoms with Crippen molar-refractivity contribution >= 4 is 16.7 Å². The second-order valence-corrected chi connectivity index (χ2v) is 7.12. The highest BCUT2D eigenvalue weighted by molar-refractivity contribution is 5.89. The first-order chi connectivity index (χ1) is 12.8. The zero-order chi connectivity index (χ0) is 17.5. The molecular weight excluding hydrogens is 332 g/mol. The molecule has 2 saturated heterocycles. The largest absolute Gasteiger partial charge is 0.493 e. The van der Waals surface area contributed by atoms with Crippen molar-refractivity contribution in [2.75, 3.05) is 46.1 Å². The van der Waals surface area contributed by atoms with Crippen LogP contribution in [-0.2, 0) is 14.4 Å². The average molecular weight is 354 g/mol. The van der Waals surface area contributed by atoms with E-state index in [-0.39, 0.29) is 17.9 Å². The van der Waals surface area contributed by atoms with Gasteiger partial charge in [-0.2, -0.15) is 0 Å². The van der Waals surface area contributed by atoms with Crippen LogP contribution in [-0.4, -0.2) is 61.9 Å². The molecule has 2 fully saturated rings. The van der Waals surface area contributed by atoms with Gasteiger partial charge in [-0.15, -0.1) is 0 Å². The molecule has 6 nitrogen and oxygen atoms in total. The van der Waals surface area contributed by atoms with Gasteiger partial charge in [0.1, 0.15) is 5.75 Å². The fraction of sp³-hybridized carbons (Fsp3) is 0.450. The number of hydrogen-bond acceptors (Lipinski definition) is 5. The number of carbonyl (C=O) groups excluding carboxylic acids is 1. The Kier molecular flexibility index (Phi) is 4.04. The SMILES string of the molecule is O=C(CN1CCOCC1)N1OC[C@H]2COc3ccc4ccccc4c3[C@H]21. The maximum absolute atomic E-state index is 13.0. The van der Waals surface area contributed by atoms with E-state index >= 15 is 0 Å². The molecule has 0 bridgehead atoms. The van der Waals surface area contributed by atoms with Crippen molar-refractivity contribution in [2.24, 2.45) is 5.92 Å². The third kappa shape index (κ3) is 2.65. The number of nitrogens with zero attached hydrogens (tertiary/aromatic N) is 2. The molecule has 2 aromatic rings. The molecule has 2 atom stereocenters. The van der Waals surface area contributed by atoms with Gasteiger partial charge < -0.3 is 9.47 Å². The van der Waals surface area contributed by atoms with E-state index in [1.54, 1.807) is 5.06 Å². The van der Waals surface area contributed by atoms with Crippen molar-refractivity contribution in [3.05, 3.63) is 42.0 Å². The van der Waals surface area contributed by atoms with Crippen LogP contribution < -0.4 is 4.74 Å². The summed E-state index contributed by atoms with van der Waals surface area (Å²) in [7, 11) is 0. The number of fused-ring (bicyclic) bond motifs is 5. The van der Waals surface area contributed by atoms with Gasteiger partial charge in [0.05, 0.1) is 39.0 Å². The second kappa shape index (κ2) is 6.54. The number of benzene rings is 2. The molecule has 0 radical (unpaired) electrons. The third-order valence-corrected chi connectivity index (χ3v) is 5.51. The highest BCUT2D eigenvalue weighted by atomic mass is 16.7. The van der Waals surface area contributed by atoms with Crippen LogP contribution in [0, 0.1) is 5.92 Å². The monoisotopic (exact) mass is 354 g/mol. The van der Waals surface area contributed by atoms with Gasteiger partial charge in [0, 0.05) is 24.6 Å². The molecule has 3 aliphatic heterocycles. The average Bonchev–Trinajstić information content (AvgIpc) is 3.13. The number of hydroxylamine groups is 2. The van der Waals surface area contributed by atoms with Crippen LogP contribution >= 0.6 is 0 Å².